The average molecular weight is 312 g/mol. The van der Waals surface area contributed by atoms with Crippen LogP contribution in [0.5, 0.6) is 0 Å². The van der Waals surface area contributed by atoms with Crippen molar-refractivity contribution in [3.63, 3.8) is 0 Å². The predicted molar refractivity (Wildman–Crippen MR) is 90.5 cm³/mol. The zero-order valence-corrected chi connectivity index (χ0v) is 13.9. The van der Waals surface area contributed by atoms with Gasteiger partial charge in [0.25, 0.3) is 5.91 Å². The van der Waals surface area contributed by atoms with Crippen LogP contribution in [0.15, 0.2) is 36.7 Å². The van der Waals surface area contributed by atoms with Crippen LogP contribution in [0.3, 0.4) is 0 Å². The molecule has 0 unspecified atom stereocenters. The molecule has 0 N–H and O–H groups in total. The summed E-state index contributed by atoms with van der Waals surface area (Å²) in [6, 6.07) is 7.84. The summed E-state index contributed by atoms with van der Waals surface area (Å²) in [6.07, 6.45) is 3.86. The van der Waals surface area contributed by atoms with Crippen molar-refractivity contribution in [1.82, 2.24) is 19.4 Å². The smallest absolute Gasteiger partial charge is 0.253 e. The van der Waals surface area contributed by atoms with E-state index in [4.69, 9.17) is 0 Å². The standard InChI is InChI=1S/C18H24N4O/c1-15-3-5-17(6-4-15)18(23)22-13-10-20(11-14-22)9-12-21-8-7-19-16(21)2/h3-8H,9-14H2,1-2H3. The van der Waals surface area contributed by atoms with E-state index in [1.54, 1.807) is 0 Å². The first-order chi connectivity index (χ1) is 11.1. The molecule has 0 aliphatic carbocycles. The summed E-state index contributed by atoms with van der Waals surface area (Å²) in [6.45, 7) is 9.50. The quantitative estimate of drug-likeness (QED) is 0.866. The van der Waals surface area contributed by atoms with E-state index in [1.807, 2.05) is 55.4 Å². The number of nitrogens with zero attached hydrogens (tertiary/aromatic N) is 4. The molecule has 0 atom stereocenters. The van der Waals surface area contributed by atoms with Gasteiger partial charge in [-0.25, -0.2) is 4.98 Å². The van der Waals surface area contributed by atoms with Crippen LogP contribution >= 0.6 is 0 Å². The van der Waals surface area contributed by atoms with E-state index in [2.05, 4.69) is 14.5 Å². The number of carbonyl (C=O) groups excluding carboxylic acids is 1. The molecule has 1 saturated heterocycles. The summed E-state index contributed by atoms with van der Waals surface area (Å²) < 4.78 is 2.17. The summed E-state index contributed by atoms with van der Waals surface area (Å²) in [4.78, 5) is 21.1. The predicted octanol–water partition coefficient (Wildman–Crippen LogP) is 1.96. The highest BCUT2D eigenvalue weighted by atomic mass is 16.2. The van der Waals surface area contributed by atoms with Crippen LogP contribution in [0.1, 0.15) is 21.7 Å². The molecule has 23 heavy (non-hydrogen) atoms. The third-order valence-corrected chi connectivity index (χ3v) is 4.54. The zero-order chi connectivity index (χ0) is 16.2. The topological polar surface area (TPSA) is 41.4 Å². The Morgan fingerprint density at radius 3 is 2.35 bits per heavy atom. The molecule has 1 aliphatic rings. The molecular formula is C18H24N4O. The van der Waals surface area contributed by atoms with Crippen molar-refractivity contribution in [2.24, 2.45) is 0 Å². The van der Waals surface area contributed by atoms with E-state index < -0.39 is 0 Å². The SMILES string of the molecule is Cc1ccc(C(=O)N2CCN(CCn3ccnc3C)CC2)cc1. The highest BCUT2D eigenvalue weighted by molar-refractivity contribution is 5.94. The van der Waals surface area contributed by atoms with E-state index in [9.17, 15) is 4.79 Å². The van der Waals surface area contributed by atoms with Crippen LogP contribution in [0.25, 0.3) is 0 Å². The number of carbonyl (C=O) groups is 1. The highest BCUT2D eigenvalue weighted by Crippen LogP contribution is 2.10. The Kier molecular flexibility index (Phi) is 4.76. The number of hydrogen-bond acceptors (Lipinski definition) is 3. The first-order valence-corrected chi connectivity index (χ1v) is 8.19. The van der Waals surface area contributed by atoms with E-state index in [0.717, 1.165) is 50.7 Å². The maximum absolute atomic E-state index is 12.5. The molecule has 0 saturated carbocycles. The summed E-state index contributed by atoms with van der Waals surface area (Å²) >= 11 is 0. The second-order valence-electron chi connectivity index (χ2n) is 6.17. The number of benzene rings is 1. The Balaban J connectivity index is 1.49. The second-order valence-corrected chi connectivity index (χ2v) is 6.17. The lowest BCUT2D eigenvalue weighted by atomic mass is 10.1. The molecule has 2 heterocycles. The maximum atomic E-state index is 12.5. The Hall–Kier alpha value is -2.14. The molecule has 5 heteroatoms. The zero-order valence-electron chi connectivity index (χ0n) is 13.9. The van der Waals surface area contributed by atoms with Crippen LogP contribution in [0, 0.1) is 13.8 Å². The number of rotatable bonds is 4. The second kappa shape index (κ2) is 6.96. The van der Waals surface area contributed by atoms with Gasteiger partial charge in [-0.05, 0) is 26.0 Å². The Bertz CT molecular complexity index is 654. The van der Waals surface area contributed by atoms with E-state index in [0.29, 0.717) is 0 Å². The number of imidazole rings is 1. The molecule has 1 aromatic carbocycles. The summed E-state index contributed by atoms with van der Waals surface area (Å²) in [5, 5.41) is 0. The van der Waals surface area contributed by atoms with Gasteiger partial charge in [-0.3, -0.25) is 9.69 Å². The molecule has 0 spiro atoms. The van der Waals surface area contributed by atoms with Gasteiger partial charge in [-0.2, -0.15) is 0 Å². The number of hydrogen-bond donors (Lipinski definition) is 0. The fourth-order valence-electron chi connectivity index (χ4n) is 2.94. The maximum Gasteiger partial charge on any atom is 0.253 e. The number of aryl methyl sites for hydroxylation is 2. The average Bonchev–Trinajstić information content (AvgIpc) is 2.99. The normalized spacial score (nSPS) is 15.8. The summed E-state index contributed by atoms with van der Waals surface area (Å²) in [5.41, 5.74) is 1.97. The molecule has 122 valence electrons. The first kappa shape index (κ1) is 15.7. The van der Waals surface area contributed by atoms with Crippen molar-refractivity contribution < 1.29 is 4.79 Å². The van der Waals surface area contributed by atoms with Crippen molar-refractivity contribution in [3.05, 3.63) is 53.6 Å². The lowest BCUT2D eigenvalue weighted by Crippen LogP contribution is -2.49. The highest BCUT2D eigenvalue weighted by Gasteiger charge is 2.21. The molecule has 1 fully saturated rings. The van der Waals surface area contributed by atoms with Crippen molar-refractivity contribution >= 4 is 5.91 Å². The van der Waals surface area contributed by atoms with Gasteiger partial charge >= 0.3 is 0 Å². The molecule has 3 rings (SSSR count). The fourth-order valence-corrected chi connectivity index (χ4v) is 2.94. The summed E-state index contributed by atoms with van der Waals surface area (Å²) in [7, 11) is 0. The minimum absolute atomic E-state index is 0.148. The van der Waals surface area contributed by atoms with Crippen LogP contribution in [-0.4, -0.2) is 58.0 Å². The Labute approximate surface area is 137 Å². The van der Waals surface area contributed by atoms with Crippen LogP contribution in [0.2, 0.25) is 0 Å². The minimum Gasteiger partial charge on any atom is -0.336 e. The monoisotopic (exact) mass is 312 g/mol. The van der Waals surface area contributed by atoms with E-state index in [1.165, 1.54) is 5.56 Å². The van der Waals surface area contributed by atoms with Crippen LogP contribution < -0.4 is 0 Å². The van der Waals surface area contributed by atoms with E-state index in [-0.39, 0.29) is 5.91 Å². The molecule has 0 bridgehead atoms. The van der Waals surface area contributed by atoms with Gasteiger partial charge in [-0.15, -0.1) is 0 Å². The number of amides is 1. The van der Waals surface area contributed by atoms with Gasteiger partial charge in [0, 0.05) is 57.2 Å². The summed E-state index contributed by atoms with van der Waals surface area (Å²) in [5.74, 6) is 1.20. The molecule has 1 amide bonds. The Morgan fingerprint density at radius 1 is 1.04 bits per heavy atom. The number of aromatic nitrogens is 2. The first-order valence-electron chi connectivity index (χ1n) is 8.19. The van der Waals surface area contributed by atoms with Crippen LogP contribution in [-0.2, 0) is 6.54 Å². The largest absolute Gasteiger partial charge is 0.336 e. The van der Waals surface area contributed by atoms with Crippen molar-refractivity contribution in [2.75, 3.05) is 32.7 Å². The van der Waals surface area contributed by atoms with Crippen LogP contribution in [0.4, 0.5) is 0 Å². The lowest BCUT2D eigenvalue weighted by molar-refractivity contribution is 0.0633. The third kappa shape index (κ3) is 3.79. The molecule has 0 radical (unpaired) electrons. The lowest BCUT2D eigenvalue weighted by Gasteiger charge is -2.34. The van der Waals surface area contributed by atoms with Crippen molar-refractivity contribution in [2.45, 2.75) is 20.4 Å². The molecule has 2 aromatic rings. The van der Waals surface area contributed by atoms with Gasteiger partial charge in [-0.1, -0.05) is 17.7 Å². The third-order valence-electron chi connectivity index (χ3n) is 4.54. The van der Waals surface area contributed by atoms with Crippen molar-refractivity contribution in [1.29, 1.82) is 0 Å². The molecule has 1 aromatic heterocycles. The minimum atomic E-state index is 0.148. The Morgan fingerprint density at radius 2 is 1.74 bits per heavy atom. The molecular weight excluding hydrogens is 288 g/mol. The molecule has 1 aliphatic heterocycles. The van der Waals surface area contributed by atoms with Crippen molar-refractivity contribution in [3.8, 4) is 0 Å². The van der Waals surface area contributed by atoms with E-state index >= 15 is 0 Å². The van der Waals surface area contributed by atoms with Gasteiger partial charge in [0.15, 0.2) is 0 Å². The van der Waals surface area contributed by atoms with Gasteiger partial charge in [0.2, 0.25) is 0 Å². The van der Waals surface area contributed by atoms with Gasteiger partial charge in [0.1, 0.15) is 5.82 Å². The number of piperazine rings is 1. The van der Waals surface area contributed by atoms with Gasteiger partial charge in [0.05, 0.1) is 0 Å². The molecule has 5 nitrogen and oxygen atoms in total. The fraction of sp³-hybridized carbons (Fsp3) is 0.444. The van der Waals surface area contributed by atoms with Gasteiger partial charge < -0.3 is 9.47 Å².